The molecule has 0 saturated carbocycles. The molecule has 2 aromatic rings. The van der Waals surface area contributed by atoms with Crippen molar-refractivity contribution < 1.29 is 18.9 Å². The van der Waals surface area contributed by atoms with Crippen LogP contribution in [0.1, 0.15) is 5.69 Å². The smallest absolute Gasteiger partial charge is 0.399 e. The van der Waals surface area contributed by atoms with Gasteiger partial charge in [-0.15, -0.1) is 0 Å². The number of nitro groups is 1. The Labute approximate surface area is 94.8 Å². The Hall–Kier alpha value is -2.70. The number of non-ortho nitro benzene ring substituents is 1. The number of benzene rings is 1. The summed E-state index contributed by atoms with van der Waals surface area (Å²) < 4.78 is 9.88. The molecule has 17 heavy (non-hydrogen) atoms. The van der Waals surface area contributed by atoms with Gasteiger partial charge in [-0.3, -0.25) is 14.9 Å². The fourth-order valence-corrected chi connectivity index (χ4v) is 1.11. The molecule has 0 aliphatic heterocycles. The minimum absolute atomic E-state index is 0.0366. The number of hydrogen-bond acceptors (Lipinski definition) is 6. The third kappa shape index (κ3) is 2.46. The Morgan fingerprint density at radius 1 is 1.47 bits per heavy atom. The van der Waals surface area contributed by atoms with E-state index in [-0.39, 0.29) is 23.2 Å². The van der Waals surface area contributed by atoms with E-state index in [4.69, 9.17) is 9.15 Å². The molecule has 7 nitrogen and oxygen atoms in total. The normalized spacial score (nSPS) is 9.88. The van der Waals surface area contributed by atoms with Crippen LogP contribution in [0.4, 0.5) is 5.69 Å². The number of carbonyl (C=O) groups excluding carboxylic acids is 1. The lowest BCUT2D eigenvalue weighted by atomic mass is 10.3. The number of nitrogens with zero attached hydrogens (tertiary/aromatic N) is 2. The van der Waals surface area contributed by atoms with Gasteiger partial charge in [0.15, 0.2) is 5.69 Å². The minimum atomic E-state index is -0.549. The standard InChI is InChI=1S/C10H5N2O5/c13-5-7-6-16-10(11-7)17-9-3-1-2-8(4-9)12(14)15/h1-4,6H. The molecule has 1 heterocycles. The fourth-order valence-electron chi connectivity index (χ4n) is 1.11. The molecule has 0 atom stereocenters. The van der Waals surface area contributed by atoms with E-state index in [1.54, 1.807) is 0 Å². The van der Waals surface area contributed by atoms with E-state index in [2.05, 4.69) is 4.98 Å². The zero-order chi connectivity index (χ0) is 12.3. The van der Waals surface area contributed by atoms with Gasteiger partial charge in [-0.25, -0.2) is 0 Å². The summed E-state index contributed by atoms with van der Waals surface area (Å²) in [7, 11) is 0. The molecule has 0 amide bonds. The van der Waals surface area contributed by atoms with Crippen molar-refractivity contribution in [3.63, 3.8) is 0 Å². The predicted molar refractivity (Wildman–Crippen MR) is 54.5 cm³/mol. The summed E-state index contributed by atoms with van der Waals surface area (Å²) in [6.07, 6.45) is 2.41. The van der Waals surface area contributed by atoms with Crippen LogP contribution in [-0.4, -0.2) is 16.2 Å². The highest BCUT2D eigenvalue weighted by molar-refractivity contribution is 5.71. The molecule has 2 rings (SSSR count). The van der Waals surface area contributed by atoms with Gasteiger partial charge in [0.05, 0.1) is 11.0 Å². The van der Waals surface area contributed by atoms with Crippen molar-refractivity contribution in [3.8, 4) is 11.8 Å². The Morgan fingerprint density at radius 3 is 2.94 bits per heavy atom. The van der Waals surface area contributed by atoms with E-state index in [0.29, 0.717) is 0 Å². The van der Waals surface area contributed by atoms with Crippen LogP contribution < -0.4 is 4.74 Å². The fraction of sp³-hybridized carbons (Fsp3) is 0. The predicted octanol–water partition coefficient (Wildman–Crippen LogP) is 1.83. The second-order valence-electron chi connectivity index (χ2n) is 2.96. The van der Waals surface area contributed by atoms with Crippen LogP contribution in [-0.2, 0) is 4.79 Å². The molecule has 1 aromatic carbocycles. The van der Waals surface area contributed by atoms with Crippen LogP contribution in [0.2, 0.25) is 0 Å². The van der Waals surface area contributed by atoms with Gasteiger partial charge in [-0.1, -0.05) is 6.07 Å². The highest BCUT2D eigenvalue weighted by atomic mass is 16.6. The molecule has 85 valence electrons. The first-order valence-electron chi connectivity index (χ1n) is 4.45. The van der Waals surface area contributed by atoms with Crippen molar-refractivity contribution >= 4 is 12.0 Å². The second kappa shape index (κ2) is 4.44. The highest BCUT2D eigenvalue weighted by Gasteiger charge is 2.10. The topological polar surface area (TPSA) is 95.5 Å². The molecular formula is C10H5N2O5. The van der Waals surface area contributed by atoms with Crippen molar-refractivity contribution in [2.24, 2.45) is 0 Å². The summed E-state index contributed by atoms with van der Waals surface area (Å²) in [6, 6.07) is 5.51. The maximum absolute atomic E-state index is 10.5. The average Bonchev–Trinajstić information content (AvgIpc) is 2.77. The lowest BCUT2D eigenvalue weighted by Gasteiger charge is -1.99. The summed E-state index contributed by atoms with van der Waals surface area (Å²) in [5.74, 6) is 0.193. The lowest BCUT2D eigenvalue weighted by Crippen LogP contribution is -1.89. The van der Waals surface area contributed by atoms with Gasteiger partial charge in [0.1, 0.15) is 12.0 Å². The van der Waals surface area contributed by atoms with E-state index in [9.17, 15) is 14.9 Å². The molecule has 1 radical (unpaired) electrons. The Kier molecular flexibility index (Phi) is 2.82. The van der Waals surface area contributed by atoms with Crippen LogP contribution in [0.25, 0.3) is 0 Å². The number of aromatic nitrogens is 1. The molecule has 0 bridgehead atoms. The zero-order valence-electron chi connectivity index (χ0n) is 8.32. The van der Waals surface area contributed by atoms with Gasteiger partial charge >= 0.3 is 6.08 Å². The van der Waals surface area contributed by atoms with Crippen LogP contribution in [0.5, 0.6) is 11.8 Å². The van der Waals surface area contributed by atoms with Crippen molar-refractivity contribution in [3.05, 3.63) is 46.3 Å². The van der Waals surface area contributed by atoms with E-state index in [1.807, 2.05) is 0 Å². The van der Waals surface area contributed by atoms with Crippen LogP contribution >= 0.6 is 0 Å². The average molecular weight is 233 g/mol. The van der Waals surface area contributed by atoms with Crippen LogP contribution in [0.15, 0.2) is 34.9 Å². The van der Waals surface area contributed by atoms with Gasteiger partial charge in [0.2, 0.25) is 0 Å². The van der Waals surface area contributed by atoms with Crippen molar-refractivity contribution in [2.45, 2.75) is 0 Å². The number of ether oxygens (including phenoxy) is 1. The first-order chi connectivity index (χ1) is 8.19. The number of nitro benzene ring substituents is 1. The molecule has 0 fully saturated rings. The molecule has 0 spiro atoms. The summed E-state index contributed by atoms with van der Waals surface area (Å²) >= 11 is 0. The first-order valence-corrected chi connectivity index (χ1v) is 4.45. The quantitative estimate of drug-likeness (QED) is 0.590. The van der Waals surface area contributed by atoms with Crippen LogP contribution in [0, 0.1) is 10.1 Å². The maximum Gasteiger partial charge on any atom is 0.399 e. The number of rotatable bonds is 4. The van der Waals surface area contributed by atoms with Gasteiger partial charge in [0, 0.05) is 6.07 Å². The third-order valence-electron chi connectivity index (χ3n) is 1.82. The van der Waals surface area contributed by atoms with E-state index < -0.39 is 4.92 Å². The molecule has 0 aliphatic rings. The largest absolute Gasteiger partial charge is 0.416 e. The Bertz CT molecular complexity index is 563. The van der Waals surface area contributed by atoms with E-state index >= 15 is 0 Å². The van der Waals surface area contributed by atoms with Gasteiger partial charge in [-0.2, -0.15) is 4.98 Å². The van der Waals surface area contributed by atoms with Crippen molar-refractivity contribution in [1.82, 2.24) is 4.98 Å². The monoisotopic (exact) mass is 233 g/mol. The number of oxazole rings is 1. The summed E-state index contributed by atoms with van der Waals surface area (Å²) in [4.78, 5) is 23.8. The maximum atomic E-state index is 10.5. The summed E-state index contributed by atoms with van der Waals surface area (Å²) in [5.41, 5.74) is -0.151. The van der Waals surface area contributed by atoms with E-state index in [1.165, 1.54) is 30.6 Å². The third-order valence-corrected chi connectivity index (χ3v) is 1.82. The number of hydrogen-bond donors (Lipinski definition) is 0. The van der Waals surface area contributed by atoms with Crippen molar-refractivity contribution in [2.75, 3.05) is 0 Å². The Balaban J connectivity index is 2.20. The molecule has 0 aliphatic carbocycles. The van der Waals surface area contributed by atoms with Crippen molar-refractivity contribution in [1.29, 1.82) is 0 Å². The molecule has 0 unspecified atom stereocenters. The molecule has 7 heteroatoms. The van der Waals surface area contributed by atoms with Gasteiger partial charge < -0.3 is 9.15 Å². The highest BCUT2D eigenvalue weighted by Crippen LogP contribution is 2.24. The van der Waals surface area contributed by atoms with Gasteiger partial charge in [-0.05, 0) is 6.07 Å². The molecule has 0 saturated heterocycles. The SMILES string of the molecule is O=[C]c1coc(Oc2cccc([N+](=O)[O-])c2)n1. The minimum Gasteiger partial charge on any atom is -0.416 e. The molecular weight excluding hydrogens is 228 g/mol. The molecule has 1 aromatic heterocycles. The Morgan fingerprint density at radius 2 is 2.29 bits per heavy atom. The zero-order valence-corrected chi connectivity index (χ0v) is 8.32. The molecule has 0 N–H and O–H groups in total. The second-order valence-corrected chi connectivity index (χ2v) is 2.96. The lowest BCUT2D eigenvalue weighted by molar-refractivity contribution is -0.384. The summed E-state index contributed by atoms with van der Waals surface area (Å²) in [6.45, 7) is 0. The first kappa shape index (κ1) is 10.8. The summed E-state index contributed by atoms with van der Waals surface area (Å²) in [5, 5.41) is 10.5. The van der Waals surface area contributed by atoms with E-state index in [0.717, 1.165) is 6.26 Å². The van der Waals surface area contributed by atoms with Crippen LogP contribution in [0.3, 0.4) is 0 Å². The van der Waals surface area contributed by atoms with Gasteiger partial charge in [0.25, 0.3) is 12.0 Å².